The van der Waals surface area contributed by atoms with Crippen molar-refractivity contribution in [1.29, 1.82) is 0 Å². The predicted octanol–water partition coefficient (Wildman–Crippen LogP) is 0.615. The lowest BCUT2D eigenvalue weighted by atomic mass is 10.3. The monoisotopic (exact) mass is 177 g/mol. The number of halogens is 2. The summed E-state index contributed by atoms with van der Waals surface area (Å²) < 4.78 is 23.4. The molecule has 0 spiro atoms. The lowest BCUT2D eigenvalue weighted by Crippen LogP contribution is -2.32. The van der Waals surface area contributed by atoms with Crippen molar-refractivity contribution in [2.24, 2.45) is 0 Å². The first-order valence-corrected chi connectivity index (χ1v) is 3.75. The van der Waals surface area contributed by atoms with Crippen LogP contribution >= 0.6 is 0 Å². The van der Waals surface area contributed by atoms with Crippen LogP contribution in [0.4, 0.5) is 8.78 Å². The smallest absolute Gasteiger partial charge is 0.265 e. The second-order valence-corrected chi connectivity index (χ2v) is 2.28. The van der Waals surface area contributed by atoms with Crippen molar-refractivity contribution < 1.29 is 13.9 Å². The minimum absolute atomic E-state index is 0.0803. The van der Waals surface area contributed by atoms with E-state index in [1.165, 1.54) is 0 Å². The van der Waals surface area contributed by atoms with Gasteiger partial charge in [-0.1, -0.05) is 0 Å². The lowest BCUT2D eigenvalue weighted by molar-refractivity contribution is -0.00305. The van der Waals surface area contributed by atoms with Gasteiger partial charge >= 0.3 is 0 Å². The van der Waals surface area contributed by atoms with Crippen LogP contribution in [0.3, 0.4) is 0 Å². The van der Waals surface area contributed by atoms with Crippen molar-refractivity contribution in [3.63, 3.8) is 0 Å². The summed E-state index contributed by atoms with van der Waals surface area (Å²) in [5, 5.41) is 11.3. The quantitative estimate of drug-likeness (QED) is 0.476. The molecular formula is C8H13F2NO. The van der Waals surface area contributed by atoms with Gasteiger partial charge in [-0.3, -0.25) is 0 Å². The Labute approximate surface area is 71.0 Å². The molecule has 0 saturated carbocycles. The maximum Gasteiger partial charge on any atom is 0.265 e. The number of alkyl halides is 2. The van der Waals surface area contributed by atoms with E-state index in [-0.39, 0.29) is 6.54 Å². The van der Waals surface area contributed by atoms with Gasteiger partial charge < -0.3 is 10.4 Å². The molecule has 70 valence electrons. The number of nitrogens with one attached hydrogen (secondary N) is 1. The molecule has 0 radical (unpaired) electrons. The molecule has 1 unspecified atom stereocenters. The maximum absolute atomic E-state index is 11.7. The molecule has 0 aliphatic heterocycles. The Bertz CT molecular complexity index is 162. The molecule has 4 heteroatoms. The molecule has 0 bridgehead atoms. The number of hydrogen-bond donors (Lipinski definition) is 2. The van der Waals surface area contributed by atoms with Crippen LogP contribution in [0.15, 0.2) is 0 Å². The summed E-state index contributed by atoms with van der Waals surface area (Å²) in [7, 11) is 0. The highest BCUT2D eigenvalue weighted by Crippen LogP contribution is 1.97. The second kappa shape index (κ2) is 7.01. The maximum atomic E-state index is 11.7. The Hall–Kier alpha value is -0.660. The molecule has 2 N–H and O–H groups in total. The normalized spacial score (nSPS) is 12.4. The van der Waals surface area contributed by atoms with Gasteiger partial charge in [0.25, 0.3) is 6.43 Å². The summed E-state index contributed by atoms with van der Waals surface area (Å²) in [6.07, 6.45) is -3.62. The molecule has 0 aliphatic rings. The van der Waals surface area contributed by atoms with Crippen molar-refractivity contribution in [2.75, 3.05) is 13.1 Å². The Morgan fingerprint density at radius 1 is 1.50 bits per heavy atom. The number of aliphatic hydroxyl groups is 1. The fourth-order valence-corrected chi connectivity index (χ4v) is 0.615. The van der Waals surface area contributed by atoms with Crippen molar-refractivity contribution in [1.82, 2.24) is 5.32 Å². The summed E-state index contributed by atoms with van der Waals surface area (Å²) in [5.74, 6) is 5.45. The summed E-state index contributed by atoms with van der Waals surface area (Å²) in [6.45, 7) is 2.17. The Morgan fingerprint density at radius 3 is 2.67 bits per heavy atom. The molecule has 0 aromatic carbocycles. The summed E-state index contributed by atoms with van der Waals surface area (Å²) in [5.41, 5.74) is 0. The molecule has 1 atom stereocenters. The van der Waals surface area contributed by atoms with Crippen LogP contribution in [0.25, 0.3) is 0 Å². The minimum Gasteiger partial charge on any atom is -0.386 e. The van der Waals surface area contributed by atoms with Gasteiger partial charge in [0.2, 0.25) is 0 Å². The Balaban J connectivity index is 3.23. The zero-order valence-corrected chi connectivity index (χ0v) is 6.98. The number of aliphatic hydroxyl groups excluding tert-OH is 1. The second-order valence-electron chi connectivity index (χ2n) is 2.28. The molecular weight excluding hydrogens is 164 g/mol. The largest absolute Gasteiger partial charge is 0.386 e. The third-order valence-electron chi connectivity index (χ3n) is 1.25. The van der Waals surface area contributed by atoms with Gasteiger partial charge in [-0.05, 0) is 6.92 Å². The van der Waals surface area contributed by atoms with E-state index in [0.29, 0.717) is 13.0 Å². The van der Waals surface area contributed by atoms with Crippen LogP contribution < -0.4 is 5.32 Å². The topological polar surface area (TPSA) is 32.3 Å². The van der Waals surface area contributed by atoms with Crippen LogP contribution in [0.1, 0.15) is 13.3 Å². The molecule has 0 heterocycles. The average Bonchev–Trinajstić information content (AvgIpc) is 2.03. The lowest BCUT2D eigenvalue weighted by Gasteiger charge is -2.08. The van der Waals surface area contributed by atoms with E-state index in [2.05, 4.69) is 17.2 Å². The van der Waals surface area contributed by atoms with Gasteiger partial charge in [-0.2, -0.15) is 0 Å². The zero-order chi connectivity index (χ0) is 9.40. The molecule has 12 heavy (non-hydrogen) atoms. The third-order valence-corrected chi connectivity index (χ3v) is 1.25. The minimum atomic E-state index is -2.67. The Kier molecular flexibility index (Phi) is 6.63. The van der Waals surface area contributed by atoms with Crippen LogP contribution in [0.2, 0.25) is 0 Å². The highest BCUT2D eigenvalue weighted by molar-refractivity contribution is 4.95. The van der Waals surface area contributed by atoms with Gasteiger partial charge in [0.05, 0.1) is 0 Å². The fourth-order valence-electron chi connectivity index (χ4n) is 0.615. The van der Waals surface area contributed by atoms with E-state index in [0.717, 1.165) is 0 Å². The van der Waals surface area contributed by atoms with E-state index >= 15 is 0 Å². The summed E-state index contributed by atoms with van der Waals surface area (Å²) >= 11 is 0. The molecule has 0 rings (SSSR count). The molecule has 2 nitrogen and oxygen atoms in total. The van der Waals surface area contributed by atoms with Crippen LogP contribution in [-0.4, -0.2) is 30.7 Å². The van der Waals surface area contributed by atoms with E-state index in [1.54, 1.807) is 6.92 Å². The SMILES string of the molecule is CC#CCCNCC(O)C(F)F. The van der Waals surface area contributed by atoms with Crippen molar-refractivity contribution in [3.8, 4) is 11.8 Å². The van der Waals surface area contributed by atoms with Crippen LogP contribution in [0.5, 0.6) is 0 Å². The first-order chi connectivity index (χ1) is 5.68. The highest BCUT2D eigenvalue weighted by Gasteiger charge is 2.15. The highest BCUT2D eigenvalue weighted by atomic mass is 19.3. The van der Waals surface area contributed by atoms with Crippen LogP contribution in [-0.2, 0) is 0 Å². The fraction of sp³-hybridized carbons (Fsp3) is 0.750. The van der Waals surface area contributed by atoms with E-state index in [4.69, 9.17) is 5.11 Å². The molecule has 0 amide bonds. The first-order valence-electron chi connectivity index (χ1n) is 3.75. The van der Waals surface area contributed by atoms with Gasteiger partial charge in [0, 0.05) is 19.5 Å². The zero-order valence-electron chi connectivity index (χ0n) is 6.98. The summed E-state index contributed by atoms with van der Waals surface area (Å²) in [4.78, 5) is 0. The van der Waals surface area contributed by atoms with Crippen molar-refractivity contribution in [3.05, 3.63) is 0 Å². The predicted molar refractivity (Wildman–Crippen MR) is 42.9 cm³/mol. The van der Waals surface area contributed by atoms with Gasteiger partial charge in [0.15, 0.2) is 0 Å². The third kappa shape index (κ3) is 6.08. The van der Waals surface area contributed by atoms with E-state index < -0.39 is 12.5 Å². The standard InChI is InChI=1S/C8H13F2NO/c1-2-3-4-5-11-6-7(12)8(9)10/h7-8,11-12H,4-6H2,1H3. The van der Waals surface area contributed by atoms with E-state index in [1.807, 2.05) is 0 Å². The van der Waals surface area contributed by atoms with Crippen molar-refractivity contribution >= 4 is 0 Å². The van der Waals surface area contributed by atoms with Gasteiger partial charge in [-0.15, -0.1) is 11.8 Å². The summed E-state index contributed by atoms with van der Waals surface area (Å²) in [6, 6.07) is 0. The van der Waals surface area contributed by atoms with Gasteiger partial charge in [-0.25, -0.2) is 8.78 Å². The van der Waals surface area contributed by atoms with E-state index in [9.17, 15) is 8.78 Å². The number of rotatable bonds is 5. The molecule has 0 aliphatic carbocycles. The molecule has 0 aromatic rings. The number of hydrogen-bond acceptors (Lipinski definition) is 2. The molecule has 0 fully saturated rings. The Morgan fingerprint density at radius 2 is 2.17 bits per heavy atom. The van der Waals surface area contributed by atoms with Gasteiger partial charge in [0.1, 0.15) is 6.10 Å². The molecule has 0 saturated heterocycles. The average molecular weight is 177 g/mol. The molecule has 0 aromatic heterocycles. The van der Waals surface area contributed by atoms with Crippen LogP contribution in [0, 0.1) is 11.8 Å². The van der Waals surface area contributed by atoms with Crippen molar-refractivity contribution in [2.45, 2.75) is 25.9 Å². The first kappa shape index (κ1) is 11.3.